The smallest absolute Gasteiger partial charge is 0.193 e. The Balaban J connectivity index is 1.49. The summed E-state index contributed by atoms with van der Waals surface area (Å²) in [4.78, 5) is 27.1. The van der Waals surface area contributed by atoms with Gasteiger partial charge in [-0.2, -0.15) is 0 Å². The van der Waals surface area contributed by atoms with Crippen LogP contribution in [0.1, 0.15) is 29.7 Å². The number of piperidine rings is 1. The summed E-state index contributed by atoms with van der Waals surface area (Å²) in [5.41, 5.74) is 5.26. The minimum atomic E-state index is 0.112. The van der Waals surface area contributed by atoms with E-state index in [0.717, 1.165) is 64.8 Å². The molecule has 1 atom stereocenters. The number of halogens is 1. The van der Waals surface area contributed by atoms with E-state index in [2.05, 4.69) is 58.5 Å². The molecule has 3 aromatic heterocycles. The fourth-order valence-corrected chi connectivity index (χ4v) is 5.48. The van der Waals surface area contributed by atoms with Crippen LogP contribution in [-0.2, 0) is 20.1 Å². The lowest BCUT2D eigenvalue weighted by atomic mass is 10.0. The number of pyridine rings is 3. The van der Waals surface area contributed by atoms with Crippen LogP contribution in [0.5, 0.6) is 0 Å². The molecule has 1 aromatic carbocycles. The molecule has 1 aliphatic rings. The molecule has 1 aliphatic heterocycles. The van der Waals surface area contributed by atoms with E-state index in [1.165, 1.54) is 5.56 Å². The lowest BCUT2D eigenvalue weighted by molar-refractivity contribution is 0.158. The summed E-state index contributed by atoms with van der Waals surface area (Å²) in [7, 11) is 2.01. The molecule has 1 unspecified atom stereocenters. The second-order valence-electron chi connectivity index (χ2n) is 9.42. The van der Waals surface area contributed by atoms with Crippen LogP contribution in [0.25, 0.3) is 10.9 Å². The Hall–Kier alpha value is -3.03. The van der Waals surface area contributed by atoms with Crippen LogP contribution in [0.2, 0.25) is 0 Å². The zero-order chi connectivity index (χ0) is 24.4. The van der Waals surface area contributed by atoms with Crippen molar-refractivity contribution in [1.29, 1.82) is 0 Å². The van der Waals surface area contributed by atoms with Crippen LogP contribution in [-0.4, -0.2) is 38.6 Å². The summed E-state index contributed by atoms with van der Waals surface area (Å²) in [6.07, 6.45) is 9.84. The third-order valence-corrected chi connectivity index (χ3v) is 7.36. The van der Waals surface area contributed by atoms with Gasteiger partial charge in [-0.05, 0) is 67.8 Å². The van der Waals surface area contributed by atoms with Gasteiger partial charge in [0.05, 0.1) is 17.4 Å². The molecule has 0 saturated carbocycles. The molecule has 0 amide bonds. The first-order valence-corrected chi connectivity index (χ1v) is 12.9. The van der Waals surface area contributed by atoms with Crippen molar-refractivity contribution in [2.24, 2.45) is 7.05 Å². The summed E-state index contributed by atoms with van der Waals surface area (Å²) >= 11 is 3.53. The largest absolute Gasteiger partial charge is 0.369 e. The van der Waals surface area contributed by atoms with Crippen molar-refractivity contribution in [3.05, 3.63) is 98.8 Å². The van der Waals surface area contributed by atoms with Gasteiger partial charge in [-0.15, -0.1) is 0 Å². The first-order chi connectivity index (χ1) is 17.0. The van der Waals surface area contributed by atoms with Gasteiger partial charge in [-0.25, -0.2) is 0 Å². The summed E-state index contributed by atoms with van der Waals surface area (Å²) in [6, 6.07) is 14.5. The van der Waals surface area contributed by atoms with Crippen LogP contribution in [0, 0.1) is 6.92 Å². The van der Waals surface area contributed by atoms with E-state index in [-0.39, 0.29) is 5.43 Å². The van der Waals surface area contributed by atoms with Gasteiger partial charge in [-0.3, -0.25) is 19.7 Å². The molecular formula is C28H30BrN5O. The number of nitrogens with zero attached hydrogens (tertiary/aromatic N) is 5. The maximum atomic E-state index is 13.5. The quantitative estimate of drug-likeness (QED) is 0.347. The van der Waals surface area contributed by atoms with Crippen molar-refractivity contribution in [1.82, 2.24) is 19.4 Å². The zero-order valence-electron chi connectivity index (χ0n) is 20.2. The number of rotatable bonds is 6. The van der Waals surface area contributed by atoms with E-state index in [0.29, 0.717) is 12.6 Å². The molecule has 0 aliphatic carbocycles. The predicted octanol–water partition coefficient (Wildman–Crippen LogP) is 5.07. The Bertz CT molecular complexity index is 1390. The Kier molecular flexibility index (Phi) is 6.97. The molecular weight excluding hydrogens is 502 g/mol. The van der Waals surface area contributed by atoms with E-state index in [4.69, 9.17) is 0 Å². The number of anilines is 1. The second kappa shape index (κ2) is 10.3. The molecule has 35 heavy (non-hydrogen) atoms. The molecule has 0 bridgehead atoms. The van der Waals surface area contributed by atoms with E-state index >= 15 is 0 Å². The van der Waals surface area contributed by atoms with Crippen molar-refractivity contribution < 1.29 is 0 Å². The summed E-state index contributed by atoms with van der Waals surface area (Å²) in [5.74, 6) is 0. The fourth-order valence-electron chi connectivity index (χ4n) is 5.13. The van der Waals surface area contributed by atoms with Gasteiger partial charge in [0.2, 0.25) is 0 Å². The van der Waals surface area contributed by atoms with E-state index < -0.39 is 0 Å². The number of aryl methyl sites for hydroxylation is 2. The number of aromatic nitrogens is 3. The molecule has 180 valence electrons. The highest BCUT2D eigenvalue weighted by Gasteiger charge is 2.27. The molecule has 1 fully saturated rings. The van der Waals surface area contributed by atoms with Crippen molar-refractivity contribution in [2.45, 2.75) is 38.9 Å². The van der Waals surface area contributed by atoms with Gasteiger partial charge in [0.15, 0.2) is 5.43 Å². The minimum absolute atomic E-state index is 0.112. The van der Waals surface area contributed by atoms with Gasteiger partial charge >= 0.3 is 0 Å². The fraction of sp³-hybridized carbons (Fsp3) is 0.321. The average Bonchev–Trinajstić information content (AvgIpc) is 2.87. The topological polar surface area (TPSA) is 54.3 Å². The Morgan fingerprint density at radius 2 is 2.03 bits per heavy atom. The Labute approximate surface area is 214 Å². The van der Waals surface area contributed by atoms with Crippen LogP contribution in [0.15, 0.2) is 76.5 Å². The van der Waals surface area contributed by atoms with Gasteiger partial charge < -0.3 is 9.47 Å². The van der Waals surface area contributed by atoms with Gasteiger partial charge in [0, 0.05) is 79.0 Å². The average molecular weight is 532 g/mol. The van der Waals surface area contributed by atoms with Gasteiger partial charge in [-0.1, -0.05) is 15.9 Å². The highest BCUT2D eigenvalue weighted by atomic mass is 79.9. The number of fused-ring (bicyclic) bond motifs is 1. The lowest BCUT2D eigenvalue weighted by Crippen LogP contribution is -2.48. The molecule has 7 heteroatoms. The maximum absolute atomic E-state index is 13.5. The van der Waals surface area contributed by atoms with Crippen LogP contribution in [0.3, 0.4) is 0 Å². The lowest BCUT2D eigenvalue weighted by Gasteiger charge is -2.40. The van der Waals surface area contributed by atoms with Gasteiger partial charge in [0.1, 0.15) is 0 Å². The third-order valence-electron chi connectivity index (χ3n) is 6.87. The van der Waals surface area contributed by atoms with Crippen molar-refractivity contribution in [2.75, 3.05) is 18.0 Å². The van der Waals surface area contributed by atoms with Crippen molar-refractivity contribution in [3.8, 4) is 0 Å². The second-order valence-corrected chi connectivity index (χ2v) is 10.3. The molecule has 4 aromatic rings. The van der Waals surface area contributed by atoms with Crippen LogP contribution < -0.4 is 10.3 Å². The maximum Gasteiger partial charge on any atom is 0.193 e. The summed E-state index contributed by atoms with van der Waals surface area (Å²) in [6.45, 7) is 5.34. The number of hydrogen-bond donors (Lipinski definition) is 0. The van der Waals surface area contributed by atoms with E-state index in [1.807, 2.05) is 63.0 Å². The van der Waals surface area contributed by atoms with Crippen molar-refractivity contribution >= 4 is 32.5 Å². The van der Waals surface area contributed by atoms with Gasteiger partial charge in [0.25, 0.3) is 0 Å². The first kappa shape index (κ1) is 23.7. The molecule has 4 heterocycles. The number of benzene rings is 1. The highest BCUT2D eigenvalue weighted by Crippen LogP contribution is 2.25. The molecule has 5 rings (SSSR count). The normalized spacial score (nSPS) is 16.2. The zero-order valence-corrected chi connectivity index (χ0v) is 21.8. The molecule has 0 spiro atoms. The molecule has 6 nitrogen and oxygen atoms in total. The predicted molar refractivity (Wildman–Crippen MR) is 145 cm³/mol. The Morgan fingerprint density at radius 1 is 1.14 bits per heavy atom. The first-order valence-electron chi connectivity index (χ1n) is 12.1. The minimum Gasteiger partial charge on any atom is -0.369 e. The molecule has 0 N–H and O–H groups in total. The third kappa shape index (κ3) is 5.31. The van der Waals surface area contributed by atoms with E-state index in [9.17, 15) is 4.79 Å². The molecule has 0 radical (unpaired) electrons. The van der Waals surface area contributed by atoms with Crippen LogP contribution >= 0.6 is 15.9 Å². The Morgan fingerprint density at radius 3 is 2.83 bits per heavy atom. The monoisotopic (exact) mass is 531 g/mol. The summed E-state index contributed by atoms with van der Waals surface area (Å²) < 4.78 is 3.04. The number of hydrogen-bond acceptors (Lipinski definition) is 5. The summed E-state index contributed by atoms with van der Waals surface area (Å²) in [5, 5.41) is 0.758. The van der Waals surface area contributed by atoms with Crippen molar-refractivity contribution in [3.63, 3.8) is 0 Å². The van der Waals surface area contributed by atoms with Crippen LogP contribution in [0.4, 0.5) is 5.69 Å². The van der Waals surface area contributed by atoms with E-state index in [1.54, 1.807) is 0 Å². The molecule has 1 saturated heterocycles. The highest BCUT2D eigenvalue weighted by molar-refractivity contribution is 9.10. The SMILES string of the molecule is Cc1cc(CN(Cc2cn(C)c3cc(Br)ccc3c2=O)C2CCCN(c3cccnc3)C2)ccn1. The standard InChI is InChI=1S/C28H30BrN5O/c1-20-13-21(9-11-31-20)16-34(25-6-4-12-33(19-25)24-5-3-10-30-15-24)18-22-17-32(2)27-14-23(29)7-8-26(27)28(22)35/h3,5,7-11,13-15,17,25H,4,6,12,16,18-19H2,1-2H3.